The van der Waals surface area contributed by atoms with Gasteiger partial charge in [0.2, 0.25) is 0 Å². The summed E-state index contributed by atoms with van der Waals surface area (Å²) in [6, 6.07) is 4.33. The second-order valence-electron chi connectivity index (χ2n) is 7.33. The molecule has 1 aromatic heterocycles. The van der Waals surface area contributed by atoms with Gasteiger partial charge in [0.05, 0.1) is 13.1 Å². The van der Waals surface area contributed by atoms with Gasteiger partial charge in [-0.3, -0.25) is 9.89 Å². The Balaban J connectivity index is 1.99. The fourth-order valence-electron chi connectivity index (χ4n) is 2.49. The maximum Gasteiger partial charge on any atom is 0.169 e. The predicted molar refractivity (Wildman–Crippen MR) is 133 cm³/mol. The molecule has 0 bridgehead atoms. The van der Waals surface area contributed by atoms with Crippen molar-refractivity contribution in [2.75, 3.05) is 58.3 Å². The zero-order valence-corrected chi connectivity index (χ0v) is 20.5. The molecule has 0 saturated carbocycles. The number of nitrogens with zero attached hydrogens (tertiary/aromatic N) is 4. The van der Waals surface area contributed by atoms with Crippen molar-refractivity contribution < 1.29 is 4.57 Å². The van der Waals surface area contributed by atoms with E-state index >= 15 is 0 Å². The van der Waals surface area contributed by atoms with Gasteiger partial charge in [0.1, 0.15) is 0 Å². The predicted octanol–water partition coefficient (Wildman–Crippen LogP) is 4.12. The Morgan fingerprint density at radius 2 is 1.66 bits per heavy atom. The number of rotatable bonds is 15. The molecule has 6 heteroatoms. The molecule has 0 aliphatic rings. The Bertz CT molecular complexity index is 626. The summed E-state index contributed by atoms with van der Waals surface area (Å²) in [6.07, 6.45) is 12.4. The van der Waals surface area contributed by atoms with Crippen molar-refractivity contribution in [2.24, 2.45) is 4.99 Å². The minimum absolute atomic E-state index is 0.859. The number of aliphatic imine (C=N–C) groups is 1. The Kier molecular flexibility index (Phi) is 14.9. The molecule has 0 fully saturated rings. The van der Waals surface area contributed by atoms with E-state index in [0.29, 0.717) is 0 Å². The molecule has 0 atom stereocenters. The van der Waals surface area contributed by atoms with Crippen LogP contribution < -0.4 is 4.57 Å². The normalized spacial score (nSPS) is 12.9. The van der Waals surface area contributed by atoms with Crippen molar-refractivity contribution >= 4 is 27.8 Å². The van der Waals surface area contributed by atoms with Crippen molar-refractivity contribution in [3.63, 3.8) is 0 Å². The van der Waals surface area contributed by atoms with E-state index in [1.165, 1.54) is 16.9 Å². The highest BCUT2D eigenvalue weighted by Gasteiger charge is 2.04. The van der Waals surface area contributed by atoms with Crippen LogP contribution >= 0.6 is 21.6 Å². The van der Waals surface area contributed by atoms with Gasteiger partial charge in [-0.25, -0.2) is 4.57 Å². The van der Waals surface area contributed by atoms with E-state index in [9.17, 15) is 0 Å². The van der Waals surface area contributed by atoms with E-state index in [1.54, 1.807) is 0 Å². The highest BCUT2D eigenvalue weighted by atomic mass is 33.1. The van der Waals surface area contributed by atoms with E-state index < -0.39 is 0 Å². The monoisotopic (exact) mass is 435 g/mol. The summed E-state index contributed by atoms with van der Waals surface area (Å²) in [5, 5.41) is 0. The van der Waals surface area contributed by atoms with Crippen molar-refractivity contribution in [1.29, 1.82) is 0 Å². The Morgan fingerprint density at radius 3 is 2.28 bits per heavy atom. The average Bonchev–Trinajstić information content (AvgIpc) is 2.70. The number of pyridine rings is 1. The summed E-state index contributed by atoms with van der Waals surface area (Å²) in [6.45, 7) is 12.5. The fourth-order valence-corrected chi connectivity index (χ4v) is 4.65. The molecule has 0 N–H and O–H groups in total. The minimum Gasteiger partial charge on any atom is -0.304 e. The van der Waals surface area contributed by atoms with Crippen LogP contribution in [-0.4, -0.2) is 74.3 Å². The molecule has 0 saturated heterocycles. The van der Waals surface area contributed by atoms with Crippen LogP contribution in [-0.2, 0) is 6.54 Å². The van der Waals surface area contributed by atoms with Crippen LogP contribution in [0, 0.1) is 6.92 Å². The van der Waals surface area contributed by atoms with E-state index in [0.717, 1.165) is 45.0 Å². The lowest BCUT2D eigenvalue weighted by Crippen LogP contribution is -2.39. The lowest BCUT2D eigenvalue weighted by atomic mass is 10.3. The van der Waals surface area contributed by atoms with Crippen LogP contribution in [0.5, 0.6) is 0 Å². The Labute approximate surface area is 186 Å². The average molecular weight is 436 g/mol. The third-order valence-corrected chi connectivity index (χ3v) is 6.84. The lowest BCUT2D eigenvalue weighted by molar-refractivity contribution is -0.696. The molecule has 0 aliphatic carbocycles. The number of allylic oxidation sites excluding steroid dienone is 4. The molecular formula is C23H39N4S2+. The van der Waals surface area contributed by atoms with Crippen molar-refractivity contribution in [2.45, 2.75) is 27.3 Å². The molecule has 0 unspecified atom stereocenters. The summed E-state index contributed by atoms with van der Waals surface area (Å²) in [4.78, 5) is 9.23. The first-order valence-corrected chi connectivity index (χ1v) is 12.9. The summed E-state index contributed by atoms with van der Waals surface area (Å²) >= 11 is 0. The zero-order chi connectivity index (χ0) is 21.3. The van der Waals surface area contributed by atoms with Crippen LogP contribution in [0.2, 0.25) is 0 Å². The molecule has 1 aromatic rings. The Morgan fingerprint density at radius 1 is 1.03 bits per heavy atom. The van der Waals surface area contributed by atoms with Crippen molar-refractivity contribution in [1.82, 2.24) is 9.80 Å². The first-order chi connectivity index (χ1) is 14.0. The van der Waals surface area contributed by atoms with Crippen LogP contribution in [0.3, 0.4) is 0 Å². The topological polar surface area (TPSA) is 22.7 Å². The van der Waals surface area contributed by atoms with Crippen molar-refractivity contribution in [3.05, 3.63) is 53.9 Å². The number of hydrogen-bond donors (Lipinski definition) is 0. The van der Waals surface area contributed by atoms with Gasteiger partial charge in [0.25, 0.3) is 0 Å². The highest BCUT2D eigenvalue weighted by Crippen LogP contribution is 2.20. The van der Waals surface area contributed by atoms with Gasteiger partial charge in [0.15, 0.2) is 18.9 Å². The third-order valence-electron chi connectivity index (χ3n) is 4.48. The quantitative estimate of drug-likeness (QED) is 0.136. The molecule has 0 amide bonds. The molecular weight excluding hydrogens is 396 g/mol. The highest BCUT2D eigenvalue weighted by molar-refractivity contribution is 8.76. The number of likely N-dealkylation sites (N-methyl/N-ethyl adjacent to an activating group) is 2. The number of aryl methyl sites for hydroxylation is 1. The molecule has 0 radical (unpaired) electrons. The first-order valence-electron chi connectivity index (χ1n) is 10.4. The van der Waals surface area contributed by atoms with Crippen LogP contribution in [0.4, 0.5) is 0 Å². The molecule has 4 nitrogen and oxygen atoms in total. The third kappa shape index (κ3) is 14.5. The largest absolute Gasteiger partial charge is 0.304 e. The van der Waals surface area contributed by atoms with Crippen LogP contribution in [0.15, 0.2) is 53.3 Å². The SMILES string of the molecule is C/C=C\C(C)=C/C=NCCN(C)CCSSCCN(C)CC[n+]1ccc(C)cc1. The van der Waals surface area contributed by atoms with Crippen LogP contribution in [0.25, 0.3) is 0 Å². The van der Waals surface area contributed by atoms with Gasteiger partial charge in [-0.05, 0) is 52.1 Å². The second kappa shape index (κ2) is 16.7. The van der Waals surface area contributed by atoms with Gasteiger partial charge in [-0.1, -0.05) is 33.7 Å². The van der Waals surface area contributed by atoms with E-state index in [-0.39, 0.29) is 0 Å². The van der Waals surface area contributed by atoms with Gasteiger partial charge < -0.3 is 4.90 Å². The Hall–Kier alpha value is -1.08. The molecule has 1 heterocycles. The molecule has 162 valence electrons. The summed E-state index contributed by atoms with van der Waals surface area (Å²) < 4.78 is 2.25. The standard InChI is InChI=1S/C23H39N4S2/c1-6-7-22(2)8-11-24-12-15-25(4)18-20-28-29-21-19-26(5)16-17-27-13-9-23(3)10-14-27/h6-11,13-14H,12,15-21H2,1-5H3/q+1/b7-6-,22-8-,24-11?. The van der Waals surface area contributed by atoms with Gasteiger partial charge in [-0.15, -0.1) is 0 Å². The molecule has 1 rings (SSSR count). The number of hydrogen-bond acceptors (Lipinski definition) is 5. The second-order valence-corrected chi connectivity index (χ2v) is 10.0. The summed E-state index contributed by atoms with van der Waals surface area (Å²) in [5.74, 6) is 2.33. The maximum atomic E-state index is 4.46. The molecule has 0 spiro atoms. The summed E-state index contributed by atoms with van der Waals surface area (Å²) in [5.41, 5.74) is 2.55. The van der Waals surface area contributed by atoms with Gasteiger partial charge in [-0.2, -0.15) is 0 Å². The first kappa shape index (κ1) is 26.0. The lowest BCUT2D eigenvalue weighted by Gasteiger charge is -2.16. The zero-order valence-electron chi connectivity index (χ0n) is 18.9. The molecule has 0 aliphatic heterocycles. The smallest absolute Gasteiger partial charge is 0.169 e. The molecule has 0 aromatic carbocycles. The van der Waals surface area contributed by atoms with E-state index in [4.69, 9.17) is 0 Å². The maximum absolute atomic E-state index is 4.46. The van der Waals surface area contributed by atoms with Gasteiger partial charge >= 0.3 is 0 Å². The minimum atomic E-state index is 0.859. The van der Waals surface area contributed by atoms with Crippen molar-refractivity contribution in [3.8, 4) is 0 Å². The molecule has 29 heavy (non-hydrogen) atoms. The fraction of sp³-hybridized carbons (Fsp3) is 0.565. The van der Waals surface area contributed by atoms with Gasteiger partial charge in [0, 0.05) is 49.5 Å². The number of aromatic nitrogens is 1. The van der Waals surface area contributed by atoms with E-state index in [1.807, 2.05) is 40.8 Å². The summed E-state index contributed by atoms with van der Waals surface area (Å²) in [7, 11) is 8.36. The van der Waals surface area contributed by atoms with Crippen LogP contribution in [0.1, 0.15) is 19.4 Å². The van der Waals surface area contributed by atoms with E-state index in [2.05, 4.69) is 84.0 Å².